The zero-order valence-corrected chi connectivity index (χ0v) is 9.55. The van der Waals surface area contributed by atoms with Crippen LogP contribution in [-0.2, 0) is 0 Å². The molecule has 0 spiro atoms. The van der Waals surface area contributed by atoms with Crippen molar-refractivity contribution in [1.82, 2.24) is 0 Å². The molecule has 0 nitrogen and oxygen atoms in total. The first kappa shape index (κ1) is 53.9. The summed E-state index contributed by atoms with van der Waals surface area (Å²) in [6.07, 6.45) is 0. The van der Waals surface area contributed by atoms with Crippen LogP contribution in [-0.4, -0.2) is 23.9 Å². The largest absolute Gasteiger partial charge is 4.00 e. The van der Waals surface area contributed by atoms with Gasteiger partial charge in [-0.15, -0.1) is 0 Å². The third-order valence-corrected chi connectivity index (χ3v) is 0. The van der Waals surface area contributed by atoms with Crippen LogP contribution >= 0.6 is 0 Å². The van der Waals surface area contributed by atoms with Crippen LogP contribution in [0.5, 0.6) is 0 Å². The summed E-state index contributed by atoms with van der Waals surface area (Å²) in [6, 6.07) is 0. The van der Waals surface area contributed by atoms with Crippen molar-refractivity contribution in [1.29, 1.82) is 0 Å². The van der Waals surface area contributed by atoms with Gasteiger partial charge in [-0.3, -0.25) is 0 Å². The molecule has 0 N–H and O–H groups in total. The van der Waals surface area contributed by atoms with E-state index in [-0.39, 0.29) is 82.7 Å². The van der Waals surface area contributed by atoms with E-state index in [9.17, 15) is 0 Å². The summed E-state index contributed by atoms with van der Waals surface area (Å²) in [4.78, 5) is 0. The van der Waals surface area contributed by atoms with Crippen molar-refractivity contribution in [2.45, 2.75) is 0 Å². The van der Waals surface area contributed by atoms with Crippen LogP contribution < -0.4 is 58.8 Å². The fraction of sp³-hybridized carbons (Fsp3) is 0. The van der Waals surface area contributed by atoms with Gasteiger partial charge >= 0.3 is 23.9 Å². The van der Waals surface area contributed by atoms with Crippen molar-refractivity contribution in [3.63, 3.8) is 0 Å². The van der Waals surface area contributed by atoms with Gasteiger partial charge in [0.05, 0.1) is 0 Å². The van der Waals surface area contributed by atoms with Gasteiger partial charge in [-0.1, -0.05) is 0 Å². The zero-order valence-electron chi connectivity index (χ0n) is 2.01. The Hall–Kier alpha value is 2.34. The summed E-state index contributed by atoms with van der Waals surface area (Å²) in [5.74, 6) is 0. The summed E-state index contributed by atoms with van der Waals surface area (Å²) in [5, 5.41) is 0. The summed E-state index contributed by atoms with van der Waals surface area (Å²) >= 11 is 0. The smallest absolute Gasteiger partial charge is 1.00 e. The molecule has 0 aliphatic rings. The third-order valence-electron chi connectivity index (χ3n) is 0. The van der Waals surface area contributed by atoms with E-state index in [1.54, 1.807) is 0 Å². The summed E-state index contributed by atoms with van der Waals surface area (Å²) in [5.41, 5.74) is 0. The standard InChI is InChI=1S/2BrH.2ClH.Sn/h4*1H;/q;;;;+4/p-4. The molecule has 0 amide bonds. The predicted molar refractivity (Wildman–Crippen MR) is 5.75 cm³/mol. The Morgan fingerprint density at radius 2 is 0.600 bits per heavy atom. The molecule has 0 radical (unpaired) electrons. The Labute approximate surface area is 81.8 Å². The maximum atomic E-state index is 0. The maximum Gasteiger partial charge on any atom is 4.00 e. The molecule has 0 aromatic rings. The van der Waals surface area contributed by atoms with E-state index in [0.717, 1.165) is 0 Å². The van der Waals surface area contributed by atoms with E-state index in [1.807, 2.05) is 0 Å². The molecular weight excluding hydrogens is 349 g/mol. The van der Waals surface area contributed by atoms with E-state index in [2.05, 4.69) is 0 Å². The Morgan fingerprint density at radius 1 is 0.600 bits per heavy atom. The Balaban J connectivity index is 0. The topological polar surface area (TPSA) is 0 Å². The van der Waals surface area contributed by atoms with E-state index >= 15 is 0 Å². The first-order chi connectivity index (χ1) is 0. The molecular formula is Br2Cl2Sn. The first-order valence-corrected chi connectivity index (χ1v) is 0. The van der Waals surface area contributed by atoms with Gasteiger partial charge < -0.3 is 58.8 Å². The molecule has 0 saturated heterocycles. The van der Waals surface area contributed by atoms with Gasteiger partial charge in [0.15, 0.2) is 0 Å². The van der Waals surface area contributed by atoms with E-state index in [4.69, 9.17) is 0 Å². The normalized spacial score (nSPS) is 0. The van der Waals surface area contributed by atoms with Gasteiger partial charge in [-0.2, -0.15) is 0 Å². The van der Waals surface area contributed by atoms with Crippen LogP contribution in [0, 0.1) is 0 Å². The van der Waals surface area contributed by atoms with Crippen LogP contribution in [0.4, 0.5) is 0 Å². The average molecular weight is 349 g/mol. The molecule has 0 heterocycles. The van der Waals surface area contributed by atoms with E-state index < -0.39 is 0 Å². The van der Waals surface area contributed by atoms with Gasteiger partial charge in [-0.05, 0) is 0 Å². The van der Waals surface area contributed by atoms with E-state index in [1.165, 1.54) is 0 Å². The fourth-order valence-electron chi connectivity index (χ4n) is 0. The molecule has 0 aromatic carbocycles. The van der Waals surface area contributed by atoms with Crippen molar-refractivity contribution in [2.75, 3.05) is 0 Å². The minimum atomic E-state index is 0. The second-order valence-corrected chi connectivity index (χ2v) is 0. The number of hydrogen-bond donors (Lipinski definition) is 0. The summed E-state index contributed by atoms with van der Waals surface area (Å²) in [6.45, 7) is 0. The van der Waals surface area contributed by atoms with Crippen molar-refractivity contribution >= 4 is 23.9 Å². The van der Waals surface area contributed by atoms with Crippen molar-refractivity contribution < 1.29 is 58.8 Å². The van der Waals surface area contributed by atoms with E-state index in [0.29, 0.717) is 0 Å². The third kappa shape index (κ3) is 21.8. The van der Waals surface area contributed by atoms with Crippen molar-refractivity contribution in [3.8, 4) is 0 Å². The number of rotatable bonds is 0. The maximum absolute atomic E-state index is 0. The van der Waals surface area contributed by atoms with Crippen molar-refractivity contribution in [3.05, 3.63) is 0 Å². The molecule has 32 valence electrons. The minimum Gasteiger partial charge on any atom is -1.00 e. The van der Waals surface area contributed by atoms with Gasteiger partial charge in [0.2, 0.25) is 0 Å². The zero-order chi connectivity index (χ0) is 0. The van der Waals surface area contributed by atoms with Crippen molar-refractivity contribution in [2.24, 2.45) is 0 Å². The Morgan fingerprint density at radius 3 is 0.600 bits per heavy atom. The van der Waals surface area contributed by atoms with Crippen LogP contribution in [0.15, 0.2) is 0 Å². The molecule has 0 bridgehead atoms. The van der Waals surface area contributed by atoms with Crippen LogP contribution in [0.1, 0.15) is 0 Å². The Bertz CT molecular complexity index is 7.61. The SMILES string of the molecule is [Br-].[Br-].[Cl-].[Cl-].[Sn+4]. The molecule has 5 heteroatoms. The molecule has 0 saturated carbocycles. The van der Waals surface area contributed by atoms with Crippen LogP contribution in [0.2, 0.25) is 0 Å². The second-order valence-electron chi connectivity index (χ2n) is 0. The molecule has 0 fully saturated rings. The number of halogens is 4. The second kappa shape index (κ2) is 33.0. The monoisotopic (exact) mass is 348 g/mol. The molecule has 5 heavy (non-hydrogen) atoms. The quantitative estimate of drug-likeness (QED) is 0.381. The van der Waals surface area contributed by atoms with Crippen LogP contribution in [0.25, 0.3) is 0 Å². The molecule has 0 atom stereocenters. The van der Waals surface area contributed by atoms with Gasteiger partial charge in [0, 0.05) is 0 Å². The Kier molecular flexibility index (Phi) is 356. The average Bonchev–Trinajstić information content (AvgIpc) is 0. The number of hydrogen-bond acceptors (Lipinski definition) is 0. The van der Waals surface area contributed by atoms with Gasteiger partial charge in [-0.25, -0.2) is 0 Å². The fourth-order valence-corrected chi connectivity index (χ4v) is 0. The molecule has 0 rings (SSSR count). The molecule has 0 aliphatic carbocycles. The summed E-state index contributed by atoms with van der Waals surface area (Å²) in [7, 11) is 0. The van der Waals surface area contributed by atoms with Gasteiger partial charge in [0.1, 0.15) is 0 Å². The summed E-state index contributed by atoms with van der Waals surface area (Å²) < 4.78 is 0. The first-order valence-electron chi connectivity index (χ1n) is 0. The molecule has 0 aromatic heterocycles. The van der Waals surface area contributed by atoms with Crippen LogP contribution in [0.3, 0.4) is 0 Å². The van der Waals surface area contributed by atoms with Gasteiger partial charge in [0.25, 0.3) is 0 Å². The minimum absolute atomic E-state index is 0. The molecule has 0 unspecified atom stereocenters. The predicted octanol–water partition coefficient (Wildman–Crippen LogP) is -12.4. The molecule has 0 aliphatic heterocycles.